The molecule has 0 aliphatic heterocycles. The zero-order chi connectivity index (χ0) is 28.8. The number of halogens is 6. The van der Waals surface area contributed by atoms with Gasteiger partial charge in [-0.3, -0.25) is 9.48 Å². The van der Waals surface area contributed by atoms with Gasteiger partial charge in [-0.25, -0.2) is 8.78 Å². The van der Waals surface area contributed by atoms with Gasteiger partial charge in [-0.15, -0.1) is 0 Å². The lowest BCUT2D eigenvalue weighted by Crippen LogP contribution is -2.16. The average molecular weight is 572 g/mol. The summed E-state index contributed by atoms with van der Waals surface area (Å²) in [5.41, 5.74) is 4.54. The van der Waals surface area contributed by atoms with E-state index in [0.29, 0.717) is 23.4 Å². The van der Waals surface area contributed by atoms with Crippen LogP contribution in [0, 0.1) is 11.6 Å². The second-order valence-corrected chi connectivity index (χ2v) is 9.33. The van der Waals surface area contributed by atoms with E-state index in [1.54, 1.807) is 30.3 Å². The van der Waals surface area contributed by atoms with Crippen molar-refractivity contribution in [2.75, 3.05) is 7.11 Å². The molecule has 11 heteroatoms. The van der Waals surface area contributed by atoms with Gasteiger partial charge in [-0.2, -0.15) is 18.3 Å². The van der Waals surface area contributed by atoms with Crippen LogP contribution < -0.4 is 10.5 Å². The fourth-order valence-electron chi connectivity index (χ4n) is 4.60. The predicted molar refractivity (Wildman–Crippen MR) is 141 cm³/mol. The highest BCUT2D eigenvalue weighted by Crippen LogP contribution is 2.43. The number of carbonyl (C=O) groups is 1. The molecule has 4 aromatic carbocycles. The number of ether oxygens (including phenoxy) is 1. The minimum atomic E-state index is -4.92. The number of nitrogens with two attached hydrogens (primary N) is 1. The molecule has 0 atom stereocenters. The summed E-state index contributed by atoms with van der Waals surface area (Å²) in [6.45, 7) is 0.165. The zero-order valence-electron chi connectivity index (χ0n) is 20.7. The molecule has 2 N–H and O–H groups in total. The SMILES string of the molecule is COc1ccc(Cn2nc3cccc(-c4c(F)cc(C(F)(F)F)cc4C(N)=O)c3c2-c2cc(F)ccc2Cl)cc1. The van der Waals surface area contributed by atoms with Crippen LogP contribution in [0.15, 0.2) is 72.8 Å². The molecular formula is C29H19ClF5N3O2. The molecule has 1 amide bonds. The van der Waals surface area contributed by atoms with Crippen molar-refractivity contribution >= 4 is 28.4 Å². The van der Waals surface area contributed by atoms with Crippen molar-refractivity contribution in [3.05, 3.63) is 106 Å². The molecule has 1 aromatic heterocycles. The largest absolute Gasteiger partial charge is 0.497 e. The van der Waals surface area contributed by atoms with E-state index in [0.717, 1.165) is 5.56 Å². The molecule has 0 bridgehead atoms. The van der Waals surface area contributed by atoms with Gasteiger partial charge in [-0.05, 0) is 59.7 Å². The van der Waals surface area contributed by atoms with E-state index in [1.165, 1.54) is 42.1 Å². The molecular weight excluding hydrogens is 553 g/mol. The normalized spacial score (nSPS) is 11.7. The summed E-state index contributed by atoms with van der Waals surface area (Å²) < 4.78 is 77.0. The molecule has 0 aliphatic rings. The first-order chi connectivity index (χ1) is 19.0. The third-order valence-corrected chi connectivity index (χ3v) is 6.72. The van der Waals surface area contributed by atoms with Crippen molar-refractivity contribution in [1.29, 1.82) is 0 Å². The van der Waals surface area contributed by atoms with Gasteiger partial charge in [0.15, 0.2) is 0 Å². The monoisotopic (exact) mass is 571 g/mol. The van der Waals surface area contributed by atoms with Crippen molar-refractivity contribution in [2.45, 2.75) is 12.7 Å². The lowest BCUT2D eigenvalue weighted by Gasteiger charge is -2.16. The smallest absolute Gasteiger partial charge is 0.416 e. The third-order valence-electron chi connectivity index (χ3n) is 6.39. The number of carbonyl (C=O) groups excluding carboxylic acids is 1. The molecule has 0 aliphatic carbocycles. The molecule has 0 saturated heterocycles. The lowest BCUT2D eigenvalue weighted by molar-refractivity contribution is -0.137. The van der Waals surface area contributed by atoms with Crippen molar-refractivity contribution < 1.29 is 31.5 Å². The van der Waals surface area contributed by atoms with Crippen LogP contribution in [-0.4, -0.2) is 22.8 Å². The third kappa shape index (κ3) is 4.98. The van der Waals surface area contributed by atoms with E-state index in [-0.39, 0.29) is 33.8 Å². The Kier molecular flexibility index (Phi) is 6.97. The maximum atomic E-state index is 15.5. The number of benzene rings is 4. The number of nitrogens with zero attached hydrogens (tertiary/aromatic N) is 2. The maximum absolute atomic E-state index is 15.5. The van der Waals surface area contributed by atoms with Crippen LogP contribution in [0.5, 0.6) is 5.75 Å². The fourth-order valence-corrected chi connectivity index (χ4v) is 4.81. The molecule has 5 nitrogen and oxygen atoms in total. The van der Waals surface area contributed by atoms with Gasteiger partial charge in [-0.1, -0.05) is 35.9 Å². The van der Waals surface area contributed by atoms with E-state index >= 15 is 4.39 Å². The number of methoxy groups -OCH3 is 1. The van der Waals surface area contributed by atoms with E-state index < -0.39 is 40.4 Å². The van der Waals surface area contributed by atoms with Crippen LogP contribution in [0.3, 0.4) is 0 Å². The van der Waals surface area contributed by atoms with Crippen molar-refractivity contribution in [3.8, 4) is 28.1 Å². The van der Waals surface area contributed by atoms with Crippen LogP contribution in [0.4, 0.5) is 22.0 Å². The topological polar surface area (TPSA) is 70.1 Å². The van der Waals surface area contributed by atoms with Gasteiger partial charge in [0.2, 0.25) is 5.91 Å². The van der Waals surface area contributed by atoms with Crippen LogP contribution in [0.1, 0.15) is 21.5 Å². The van der Waals surface area contributed by atoms with Gasteiger partial charge >= 0.3 is 6.18 Å². The quantitative estimate of drug-likeness (QED) is 0.215. The van der Waals surface area contributed by atoms with Crippen LogP contribution in [-0.2, 0) is 12.7 Å². The Bertz CT molecular complexity index is 1770. The first kappa shape index (κ1) is 27.1. The molecule has 0 radical (unpaired) electrons. The fraction of sp³-hybridized carbons (Fsp3) is 0.103. The van der Waals surface area contributed by atoms with Gasteiger partial charge in [0.1, 0.15) is 17.4 Å². The summed E-state index contributed by atoms with van der Waals surface area (Å²) in [5, 5.41) is 5.02. The summed E-state index contributed by atoms with van der Waals surface area (Å²) in [6.07, 6.45) is -4.92. The van der Waals surface area contributed by atoms with Gasteiger partial charge in [0.25, 0.3) is 0 Å². The van der Waals surface area contributed by atoms with Crippen molar-refractivity contribution in [2.24, 2.45) is 5.73 Å². The van der Waals surface area contributed by atoms with Gasteiger partial charge in [0, 0.05) is 16.5 Å². The number of amides is 1. The van der Waals surface area contributed by atoms with Crippen molar-refractivity contribution in [1.82, 2.24) is 9.78 Å². The molecule has 0 unspecified atom stereocenters. The second kappa shape index (κ2) is 10.3. The number of hydrogen-bond donors (Lipinski definition) is 1. The molecule has 0 fully saturated rings. The highest BCUT2D eigenvalue weighted by Gasteiger charge is 2.34. The zero-order valence-corrected chi connectivity index (χ0v) is 21.4. The first-order valence-electron chi connectivity index (χ1n) is 11.8. The molecule has 204 valence electrons. The number of rotatable bonds is 6. The minimum absolute atomic E-state index is 0.0360. The van der Waals surface area contributed by atoms with Crippen LogP contribution in [0.25, 0.3) is 33.3 Å². The summed E-state index contributed by atoms with van der Waals surface area (Å²) in [6, 6.07) is 16.1. The Hall–Kier alpha value is -4.44. The first-order valence-corrected chi connectivity index (χ1v) is 12.1. The van der Waals surface area contributed by atoms with E-state index in [9.17, 15) is 22.4 Å². The second-order valence-electron chi connectivity index (χ2n) is 8.92. The lowest BCUT2D eigenvalue weighted by atomic mass is 9.92. The minimum Gasteiger partial charge on any atom is -0.497 e. The summed E-state index contributed by atoms with van der Waals surface area (Å²) >= 11 is 6.49. The predicted octanol–water partition coefficient (Wildman–Crippen LogP) is 7.48. The van der Waals surface area contributed by atoms with Crippen molar-refractivity contribution in [3.63, 3.8) is 0 Å². The number of alkyl halides is 3. The standard InChI is InChI=1S/C29H19ClF5N3O2/c1-40-18-8-5-15(6-9-18)14-38-27(20-13-17(31)7-10-22(20)30)26-19(3-2-4-24(26)37-38)25-21(28(36)39)11-16(12-23(25)32)29(33,34)35/h2-13H,14H2,1H3,(H2,36,39). The van der Waals surface area contributed by atoms with Gasteiger partial charge in [0.05, 0.1) is 41.0 Å². The maximum Gasteiger partial charge on any atom is 0.416 e. The molecule has 1 heterocycles. The molecule has 5 aromatic rings. The Morgan fingerprint density at radius 2 is 1.73 bits per heavy atom. The number of fused-ring (bicyclic) bond motifs is 1. The number of primary amides is 1. The van der Waals surface area contributed by atoms with Gasteiger partial charge < -0.3 is 10.5 Å². The highest BCUT2D eigenvalue weighted by molar-refractivity contribution is 6.33. The molecule has 40 heavy (non-hydrogen) atoms. The number of aromatic nitrogens is 2. The summed E-state index contributed by atoms with van der Waals surface area (Å²) in [7, 11) is 1.53. The summed E-state index contributed by atoms with van der Waals surface area (Å²) in [4.78, 5) is 12.3. The Labute approximate surface area is 229 Å². The Morgan fingerprint density at radius 3 is 2.38 bits per heavy atom. The molecule has 0 saturated carbocycles. The molecule has 0 spiro atoms. The number of hydrogen-bond acceptors (Lipinski definition) is 3. The average Bonchev–Trinajstić information content (AvgIpc) is 3.27. The Morgan fingerprint density at radius 1 is 1.00 bits per heavy atom. The highest BCUT2D eigenvalue weighted by atomic mass is 35.5. The Balaban J connectivity index is 1.84. The van der Waals surface area contributed by atoms with E-state index in [2.05, 4.69) is 5.10 Å². The molecule has 5 rings (SSSR count). The van der Waals surface area contributed by atoms with E-state index in [1.807, 2.05) is 0 Å². The van der Waals surface area contributed by atoms with Crippen LogP contribution in [0.2, 0.25) is 5.02 Å². The van der Waals surface area contributed by atoms with E-state index in [4.69, 9.17) is 22.1 Å². The summed E-state index contributed by atoms with van der Waals surface area (Å²) in [5.74, 6) is -2.55. The van der Waals surface area contributed by atoms with Crippen LogP contribution >= 0.6 is 11.6 Å².